The largest absolute Gasteiger partial charge is 0.493 e. The first-order chi connectivity index (χ1) is 18.5. The normalized spacial score (nSPS) is 12.1. The summed E-state index contributed by atoms with van der Waals surface area (Å²) in [7, 11) is 4.61. The molecule has 3 N–H and O–H groups in total. The van der Waals surface area contributed by atoms with Gasteiger partial charge in [0.05, 0.1) is 21.3 Å². The molecular weight excluding hydrogens is 502 g/mol. The lowest BCUT2D eigenvalue weighted by molar-refractivity contribution is -0.142. The van der Waals surface area contributed by atoms with Crippen molar-refractivity contribution in [3.8, 4) is 22.9 Å². The highest BCUT2D eigenvalue weighted by atomic mass is 16.5. The topological polar surface area (TPSA) is 137 Å². The summed E-state index contributed by atoms with van der Waals surface area (Å²) in [4.78, 5) is 33.8. The number of hydrogen-bond donors (Lipinski definition) is 3. The molecule has 2 aromatic heterocycles. The van der Waals surface area contributed by atoms with E-state index in [0.29, 0.717) is 45.8 Å². The molecule has 2 aromatic carbocycles. The molecule has 4 aromatic rings. The molecule has 0 aliphatic rings. The Kier molecular flexibility index (Phi) is 7.61. The number of ether oxygens (including phenoxy) is 3. The summed E-state index contributed by atoms with van der Waals surface area (Å²) in [5.41, 5.74) is 1.59. The van der Waals surface area contributed by atoms with Crippen molar-refractivity contribution in [2.75, 3.05) is 26.6 Å². The van der Waals surface area contributed by atoms with Crippen molar-refractivity contribution in [2.45, 2.75) is 26.8 Å². The zero-order chi connectivity index (χ0) is 28.3. The summed E-state index contributed by atoms with van der Waals surface area (Å²) in [6, 6.07) is 11.2. The minimum atomic E-state index is -1.09. The summed E-state index contributed by atoms with van der Waals surface area (Å²) < 4.78 is 18.1. The summed E-state index contributed by atoms with van der Waals surface area (Å²) in [6.07, 6.45) is 3.52. The fourth-order valence-electron chi connectivity index (χ4n) is 4.13. The van der Waals surface area contributed by atoms with E-state index in [4.69, 9.17) is 14.2 Å². The van der Waals surface area contributed by atoms with Crippen molar-refractivity contribution >= 4 is 34.5 Å². The quantitative estimate of drug-likeness (QED) is 0.285. The molecule has 2 heterocycles. The molecule has 0 aliphatic carbocycles. The van der Waals surface area contributed by atoms with Gasteiger partial charge in [0.1, 0.15) is 11.7 Å². The third kappa shape index (κ3) is 5.71. The summed E-state index contributed by atoms with van der Waals surface area (Å²) in [5.74, 6) is 0.199. The molecule has 11 heteroatoms. The maximum absolute atomic E-state index is 13.0. The van der Waals surface area contributed by atoms with E-state index in [1.54, 1.807) is 57.3 Å². The lowest BCUT2D eigenvalue weighted by Crippen LogP contribution is -2.49. The van der Waals surface area contributed by atoms with Crippen LogP contribution in [0.15, 0.2) is 54.9 Å². The number of nitrogens with zero attached hydrogens (tertiary/aromatic N) is 3. The number of carboxylic acid groups (broad SMARTS) is 1. The van der Waals surface area contributed by atoms with Gasteiger partial charge >= 0.3 is 5.97 Å². The van der Waals surface area contributed by atoms with E-state index in [0.717, 1.165) is 5.39 Å². The number of carboxylic acids is 1. The molecule has 39 heavy (non-hydrogen) atoms. The number of benzene rings is 2. The van der Waals surface area contributed by atoms with E-state index in [2.05, 4.69) is 20.6 Å². The molecule has 0 saturated heterocycles. The van der Waals surface area contributed by atoms with Crippen LogP contribution >= 0.6 is 0 Å². The average molecular weight is 534 g/mol. The van der Waals surface area contributed by atoms with Gasteiger partial charge in [0, 0.05) is 46.9 Å². The van der Waals surface area contributed by atoms with Crippen LogP contribution in [-0.2, 0) is 4.79 Å². The maximum Gasteiger partial charge on any atom is 0.326 e. The summed E-state index contributed by atoms with van der Waals surface area (Å²) in [6.45, 7) is 5.29. The van der Waals surface area contributed by atoms with Crippen molar-refractivity contribution in [3.63, 3.8) is 0 Å². The van der Waals surface area contributed by atoms with E-state index in [1.807, 2.05) is 22.9 Å². The Hall–Kier alpha value is -4.80. The first-order valence-corrected chi connectivity index (χ1v) is 12.1. The number of hydrogen-bond acceptors (Lipinski definition) is 8. The highest BCUT2D eigenvalue weighted by molar-refractivity contribution is 5.97. The first kappa shape index (κ1) is 27.2. The van der Waals surface area contributed by atoms with E-state index >= 15 is 0 Å². The Morgan fingerprint density at radius 1 is 1.00 bits per heavy atom. The highest BCUT2D eigenvalue weighted by Crippen LogP contribution is 2.40. The SMILES string of the molecule is COc1cc(Nc2ncc3ccn(-c4cccc(C(=O)NC(C(=O)O)C(C)(C)C)c4)c3n2)cc(OC)c1OC. The summed E-state index contributed by atoms with van der Waals surface area (Å²) >= 11 is 0. The summed E-state index contributed by atoms with van der Waals surface area (Å²) in [5, 5.41) is 16.2. The van der Waals surface area contributed by atoms with Gasteiger partial charge in [-0.1, -0.05) is 26.8 Å². The zero-order valence-electron chi connectivity index (χ0n) is 22.6. The van der Waals surface area contributed by atoms with Crippen LogP contribution < -0.4 is 24.8 Å². The number of aromatic nitrogens is 3. The number of methoxy groups -OCH3 is 3. The Bertz CT molecular complexity index is 1500. The number of aliphatic carboxylic acids is 1. The fraction of sp³-hybridized carbons (Fsp3) is 0.286. The molecule has 0 spiro atoms. The maximum atomic E-state index is 13.0. The molecule has 0 fully saturated rings. The number of fused-ring (bicyclic) bond motifs is 1. The van der Waals surface area contributed by atoms with Gasteiger partial charge in [-0.25, -0.2) is 9.78 Å². The predicted octanol–water partition coefficient (Wildman–Crippen LogP) is 4.42. The second-order valence-electron chi connectivity index (χ2n) is 9.86. The van der Waals surface area contributed by atoms with Crippen LogP contribution in [0, 0.1) is 5.41 Å². The smallest absolute Gasteiger partial charge is 0.326 e. The molecule has 204 valence electrons. The van der Waals surface area contributed by atoms with Crippen LogP contribution in [0.2, 0.25) is 0 Å². The van der Waals surface area contributed by atoms with Gasteiger partial charge in [-0.2, -0.15) is 4.98 Å². The molecule has 0 saturated carbocycles. The average Bonchev–Trinajstić information content (AvgIpc) is 3.33. The molecule has 1 amide bonds. The molecule has 4 rings (SSSR count). The first-order valence-electron chi connectivity index (χ1n) is 12.1. The minimum absolute atomic E-state index is 0.328. The van der Waals surface area contributed by atoms with Crippen LogP contribution in [0.3, 0.4) is 0 Å². The number of nitrogens with one attached hydrogen (secondary N) is 2. The van der Waals surface area contributed by atoms with E-state index < -0.39 is 23.3 Å². The third-order valence-corrected chi connectivity index (χ3v) is 6.12. The molecular formula is C28H31N5O6. The van der Waals surface area contributed by atoms with Gasteiger partial charge in [-0.05, 0) is 29.7 Å². The van der Waals surface area contributed by atoms with Gasteiger partial charge in [-0.15, -0.1) is 0 Å². The molecule has 0 aliphatic heterocycles. The van der Waals surface area contributed by atoms with Gasteiger partial charge in [0.25, 0.3) is 5.91 Å². The van der Waals surface area contributed by atoms with Crippen LogP contribution in [0.5, 0.6) is 17.2 Å². The van der Waals surface area contributed by atoms with Crippen molar-refractivity contribution in [1.29, 1.82) is 0 Å². The Balaban J connectivity index is 1.65. The van der Waals surface area contributed by atoms with Crippen molar-refractivity contribution in [2.24, 2.45) is 5.41 Å². The zero-order valence-corrected chi connectivity index (χ0v) is 22.6. The minimum Gasteiger partial charge on any atom is -0.493 e. The predicted molar refractivity (Wildman–Crippen MR) is 147 cm³/mol. The van der Waals surface area contributed by atoms with Crippen LogP contribution in [0.1, 0.15) is 31.1 Å². The number of carbonyl (C=O) groups excluding carboxylic acids is 1. The standard InChI is InChI=1S/C28H31N5O6/c1-28(2,3)23(26(35)36)31-25(34)16-8-7-9-19(12-16)33-11-10-17-15-29-27(32-24(17)33)30-18-13-20(37-4)22(39-6)21(14-18)38-5/h7-15,23H,1-6H3,(H,31,34)(H,35,36)(H,29,30,32). The number of anilines is 2. The van der Waals surface area contributed by atoms with Crippen molar-refractivity contribution in [1.82, 2.24) is 19.9 Å². The Morgan fingerprint density at radius 3 is 2.28 bits per heavy atom. The third-order valence-electron chi connectivity index (χ3n) is 6.12. The van der Waals surface area contributed by atoms with Crippen molar-refractivity contribution in [3.05, 3.63) is 60.4 Å². The molecule has 0 radical (unpaired) electrons. The van der Waals surface area contributed by atoms with Crippen LogP contribution in [0.4, 0.5) is 11.6 Å². The van der Waals surface area contributed by atoms with Gasteiger partial charge in [0.2, 0.25) is 11.7 Å². The molecule has 1 unspecified atom stereocenters. The Morgan fingerprint density at radius 2 is 1.69 bits per heavy atom. The van der Waals surface area contributed by atoms with Gasteiger partial charge < -0.3 is 34.5 Å². The van der Waals surface area contributed by atoms with Crippen LogP contribution in [0.25, 0.3) is 16.7 Å². The van der Waals surface area contributed by atoms with E-state index in [9.17, 15) is 14.7 Å². The van der Waals surface area contributed by atoms with Crippen molar-refractivity contribution < 1.29 is 28.9 Å². The van der Waals surface area contributed by atoms with Gasteiger partial charge in [-0.3, -0.25) is 4.79 Å². The monoisotopic (exact) mass is 533 g/mol. The van der Waals surface area contributed by atoms with E-state index in [-0.39, 0.29) is 0 Å². The highest BCUT2D eigenvalue weighted by Gasteiger charge is 2.32. The van der Waals surface area contributed by atoms with E-state index in [1.165, 1.54) is 21.3 Å². The molecule has 11 nitrogen and oxygen atoms in total. The molecule has 1 atom stereocenters. The number of carbonyl (C=O) groups is 2. The lowest BCUT2D eigenvalue weighted by atomic mass is 9.86. The number of rotatable bonds is 9. The van der Waals surface area contributed by atoms with Gasteiger partial charge in [0.15, 0.2) is 11.5 Å². The lowest BCUT2D eigenvalue weighted by Gasteiger charge is -2.27. The molecule has 0 bridgehead atoms. The Labute approximate surface area is 225 Å². The number of amides is 1. The second-order valence-corrected chi connectivity index (χ2v) is 9.86. The fourth-order valence-corrected chi connectivity index (χ4v) is 4.13. The van der Waals surface area contributed by atoms with Crippen LogP contribution in [-0.4, -0.2) is 58.9 Å². The second kappa shape index (κ2) is 10.9.